The highest BCUT2D eigenvalue weighted by Crippen LogP contribution is 2.39. The van der Waals surface area contributed by atoms with E-state index < -0.39 is 18.0 Å². The Balaban J connectivity index is 1.85. The number of alkyl carbamates (subject to hydrolysis) is 1. The Bertz CT molecular complexity index is 482. The van der Waals surface area contributed by atoms with E-state index in [0.717, 1.165) is 0 Å². The molecule has 1 unspecified atom stereocenters. The van der Waals surface area contributed by atoms with Gasteiger partial charge in [0.05, 0.1) is 12.2 Å². The van der Waals surface area contributed by atoms with Gasteiger partial charge < -0.3 is 25.3 Å². The van der Waals surface area contributed by atoms with Crippen LogP contribution in [-0.2, 0) is 4.74 Å². The Morgan fingerprint density at radius 3 is 2.79 bits per heavy atom. The fourth-order valence-corrected chi connectivity index (χ4v) is 1.61. The number of nitrogens with two attached hydrogens (primary N) is 1. The lowest BCUT2D eigenvalue weighted by atomic mass is 10.2. The number of nitrogen functional groups attached to an aromatic ring is 1. The first-order valence-electron chi connectivity index (χ1n) is 6.04. The zero-order valence-corrected chi connectivity index (χ0v) is 11.2. The average Bonchev–Trinajstić information content (AvgIpc) is 2.68. The molecular weight excluding hydrogens is 248 g/mol. The fourth-order valence-electron chi connectivity index (χ4n) is 1.61. The Morgan fingerprint density at radius 1 is 1.42 bits per heavy atom. The third kappa shape index (κ3) is 3.43. The molecule has 1 aliphatic rings. The summed E-state index contributed by atoms with van der Waals surface area (Å²) < 4.78 is 16.1. The van der Waals surface area contributed by atoms with Crippen LogP contribution in [0.3, 0.4) is 0 Å². The van der Waals surface area contributed by atoms with E-state index in [4.69, 9.17) is 19.9 Å². The van der Waals surface area contributed by atoms with Crippen LogP contribution in [0.15, 0.2) is 18.2 Å². The lowest BCUT2D eigenvalue weighted by Crippen LogP contribution is -2.39. The van der Waals surface area contributed by atoms with Gasteiger partial charge in [-0.2, -0.15) is 0 Å². The number of amides is 1. The molecule has 1 amide bonds. The molecule has 0 saturated carbocycles. The number of carbonyl (C=O) groups is 1. The second-order valence-corrected chi connectivity index (χ2v) is 5.22. The van der Waals surface area contributed by atoms with Gasteiger partial charge in [0.2, 0.25) is 0 Å². The lowest BCUT2D eigenvalue weighted by molar-refractivity contribution is 0.0303. The Labute approximate surface area is 111 Å². The molecular formula is C13H18N2O4. The van der Waals surface area contributed by atoms with Gasteiger partial charge in [-0.05, 0) is 32.9 Å². The van der Waals surface area contributed by atoms with Crippen LogP contribution in [0.4, 0.5) is 10.5 Å². The predicted octanol–water partition coefficient (Wildman–Crippen LogP) is 1.89. The first-order chi connectivity index (χ1) is 8.85. The van der Waals surface area contributed by atoms with Crippen LogP contribution in [0.2, 0.25) is 0 Å². The van der Waals surface area contributed by atoms with Gasteiger partial charge in [0.25, 0.3) is 6.29 Å². The minimum atomic E-state index is -0.591. The van der Waals surface area contributed by atoms with E-state index in [1.165, 1.54) is 0 Å². The third-order valence-electron chi connectivity index (χ3n) is 2.33. The highest BCUT2D eigenvalue weighted by atomic mass is 16.7. The first kappa shape index (κ1) is 13.3. The molecule has 0 spiro atoms. The fraction of sp³-hybridized carbons (Fsp3) is 0.462. The zero-order chi connectivity index (χ0) is 14.0. The number of ether oxygens (including phenoxy) is 3. The second-order valence-electron chi connectivity index (χ2n) is 5.22. The molecule has 0 fully saturated rings. The summed E-state index contributed by atoms with van der Waals surface area (Å²) in [5, 5.41) is 2.58. The number of para-hydroxylation sites is 1. The standard InChI is InChI=1S/C13H18N2O4/c1-13(2,3)19-12(16)15-7-10-17-9-6-4-5-8(14)11(9)18-10/h4-6,10H,7,14H2,1-3H3,(H,15,16). The SMILES string of the molecule is CC(C)(C)OC(=O)NCC1Oc2cccc(N)c2O1. The molecule has 3 N–H and O–H groups in total. The molecule has 0 bridgehead atoms. The number of anilines is 1. The normalized spacial score (nSPS) is 17.1. The summed E-state index contributed by atoms with van der Waals surface area (Å²) >= 11 is 0. The van der Waals surface area contributed by atoms with E-state index in [2.05, 4.69) is 5.32 Å². The summed E-state index contributed by atoms with van der Waals surface area (Å²) in [6, 6.07) is 5.27. The average molecular weight is 266 g/mol. The second kappa shape index (κ2) is 4.87. The molecule has 6 nitrogen and oxygen atoms in total. The number of hydrogen-bond donors (Lipinski definition) is 2. The van der Waals surface area contributed by atoms with Gasteiger partial charge in [0.15, 0.2) is 11.5 Å². The zero-order valence-electron chi connectivity index (χ0n) is 11.2. The third-order valence-corrected chi connectivity index (χ3v) is 2.33. The molecule has 19 heavy (non-hydrogen) atoms. The van der Waals surface area contributed by atoms with Crippen LogP contribution in [0.1, 0.15) is 20.8 Å². The van der Waals surface area contributed by atoms with Gasteiger partial charge in [0.1, 0.15) is 5.60 Å². The highest BCUT2D eigenvalue weighted by molar-refractivity contribution is 5.67. The van der Waals surface area contributed by atoms with Crippen molar-refractivity contribution >= 4 is 11.8 Å². The maximum atomic E-state index is 11.5. The molecule has 1 aliphatic heterocycles. The van der Waals surface area contributed by atoms with Crippen LogP contribution >= 0.6 is 0 Å². The molecule has 0 aromatic heterocycles. The van der Waals surface area contributed by atoms with E-state index in [9.17, 15) is 4.79 Å². The molecule has 6 heteroatoms. The molecule has 2 rings (SSSR count). The van der Waals surface area contributed by atoms with Crippen LogP contribution < -0.4 is 20.5 Å². The number of fused-ring (bicyclic) bond motifs is 1. The van der Waals surface area contributed by atoms with Crippen molar-refractivity contribution < 1.29 is 19.0 Å². The van der Waals surface area contributed by atoms with Crippen molar-refractivity contribution in [1.82, 2.24) is 5.32 Å². The quantitative estimate of drug-likeness (QED) is 0.799. The van der Waals surface area contributed by atoms with Crippen molar-refractivity contribution in [1.29, 1.82) is 0 Å². The monoisotopic (exact) mass is 266 g/mol. The van der Waals surface area contributed by atoms with Crippen molar-refractivity contribution in [3.8, 4) is 11.5 Å². The Hall–Kier alpha value is -2.11. The van der Waals surface area contributed by atoms with Crippen molar-refractivity contribution in [2.45, 2.75) is 32.7 Å². The summed E-state index contributed by atoms with van der Waals surface area (Å²) in [7, 11) is 0. The van der Waals surface area contributed by atoms with Gasteiger partial charge in [-0.1, -0.05) is 6.07 Å². The lowest BCUT2D eigenvalue weighted by Gasteiger charge is -2.20. The minimum Gasteiger partial charge on any atom is -0.449 e. The largest absolute Gasteiger partial charge is 0.449 e. The van der Waals surface area contributed by atoms with Gasteiger partial charge >= 0.3 is 6.09 Å². The molecule has 1 aromatic carbocycles. The van der Waals surface area contributed by atoms with Gasteiger partial charge in [0, 0.05) is 0 Å². The number of nitrogens with one attached hydrogen (secondary N) is 1. The van der Waals surface area contributed by atoms with Crippen molar-refractivity contribution in [3.05, 3.63) is 18.2 Å². The number of rotatable bonds is 2. The topological polar surface area (TPSA) is 82.8 Å². The van der Waals surface area contributed by atoms with Gasteiger partial charge in [-0.15, -0.1) is 0 Å². The molecule has 1 heterocycles. The summed E-state index contributed by atoms with van der Waals surface area (Å²) in [4.78, 5) is 11.5. The predicted molar refractivity (Wildman–Crippen MR) is 70.1 cm³/mol. The van der Waals surface area contributed by atoms with Crippen molar-refractivity contribution in [3.63, 3.8) is 0 Å². The maximum Gasteiger partial charge on any atom is 0.407 e. The molecule has 0 saturated heterocycles. The number of hydrogen-bond acceptors (Lipinski definition) is 5. The van der Waals surface area contributed by atoms with E-state index in [1.807, 2.05) is 0 Å². The summed E-state index contributed by atoms with van der Waals surface area (Å²) in [5.41, 5.74) is 5.73. The van der Waals surface area contributed by atoms with Gasteiger partial charge in [-0.3, -0.25) is 0 Å². The Morgan fingerprint density at radius 2 is 2.16 bits per heavy atom. The smallest absolute Gasteiger partial charge is 0.407 e. The van der Waals surface area contributed by atoms with Crippen LogP contribution in [0.5, 0.6) is 11.5 Å². The van der Waals surface area contributed by atoms with E-state index in [0.29, 0.717) is 17.2 Å². The maximum absolute atomic E-state index is 11.5. The number of benzene rings is 1. The summed E-state index contributed by atoms with van der Waals surface area (Å²) in [6.45, 7) is 5.58. The van der Waals surface area contributed by atoms with E-state index in [-0.39, 0.29) is 6.54 Å². The molecule has 1 atom stereocenters. The molecule has 104 valence electrons. The van der Waals surface area contributed by atoms with Crippen molar-refractivity contribution in [2.75, 3.05) is 12.3 Å². The first-order valence-corrected chi connectivity index (χ1v) is 6.04. The minimum absolute atomic E-state index is 0.184. The van der Waals surface area contributed by atoms with E-state index in [1.54, 1.807) is 39.0 Å². The summed E-state index contributed by atoms with van der Waals surface area (Å²) in [5.74, 6) is 1.09. The summed E-state index contributed by atoms with van der Waals surface area (Å²) in [6.07, 6.45) is -1.10. The van der Waals surface area contributed by atoms with Crippen molar-refractivity contribution in [2.24, 2.45) is 0 Å². The highest BCUT2D eigenvalue weighted by Gasteiger charge is 2.27. The molecule has 0 aliphatic carbocycles. The Kier molecular flexibility index (Phi) is 3.42. The van der Waals surface area contributed by atoms with Crippen LogP contribution in [0, 0.1) is 0 Å². The van der Waals surface area contributed by atoms with E-state index >= 15 is 0 Å². The van der Waals surface area contributed by atoms with Crippen LogP contribution in [0.25, 0.3) is 0 Å². The molecule has 0 radical (unpaired) electrons. The molecule has 1 aromatic rings. The van der Waals surface area contributed by atoms with Gasteiger partial charge in [-0.25, -0.2) is 4.79 Å². The number of carbonyl (C=O) groups excluding carboxylic acids is 1. The van der Waals surface area contributed by atoms with Crippen LogP contribution in [-0.4, -0.2) is 24.5 Å².